The van der Waals surface area contributed by atoms with Crippen molar-refractivity contribution in [2.75, 3.05) is 39.5 Å². The molecule has 1 saturated carbocycles. The Morgan fingerprint density at radius 1 is 0.973 bits per heavy atom. The number of nitrogens with zero attached hydrogens (tertiary/aromatic N) is 2. The summed E-state index contributed by atoms with van der Waals surface area (Å²) in [5.41, 5.74) is 3.35. The lowest BCUT2D eigenvalue weighted by Crippen LogP contribution is -2.35. The Bertz CT molecular complexity index is 1280. The number of thiazole rings is 1. The Labute approximate surface area is 223 Å². The van der Waals surface area contributed by atoms with Crippen LogP contribution in [0.3, 0.4) is 0 Å². The van der Waals surface area contributed by atoms with Gasteiger partial charge in [0.15, 0.2) is 9.84 Å². The maximum absolute atomic E-state index is 12.7. The van der Waals surface area contributed by atoms with Gasteiger partial charge in [-0.15, -0.1) is 11.3 Å². The van der Waals surface area contributed by atoms with Crippen LogP contribution in [0.4, 0.5) is 0 Å². The molecule has 0 spiro atoms. The molecule has 0 bridgehead atoms. The SMILES string of the molecule is O=S(=O)(c1ccc(C(CC2CCOCC2)c2ccc(-c3ncc(CN4CCOCC4)s3)[nH]2)cc1)C1CC1. The van der Waals surface area contributed by atoms with Crippen LogP contribution < -0.4 is 0 Å². The minimum Gasteiger partial charge on any atom is -0.381 e. The molecule has 6 rings (SSSR count). The molecule has 7 nitrogen and oxygen atoms in total. The lowest BCUT2D eigenvalue weighted by atomic mass is 9.83. The molecule has 1 N–H and O–H groups in total. The highest BCUT2D eigenvalue weighted by Crippen LogP contribution is 2.38. The minimum absolute atomic E-state index is 0.169. The van der Waals surface area contributed by atoms with Gasteiger partial charge in [-0.3, -0.25) is 4.90 Å². The van der Waals surface area contributed by atoms with E-state index in [1.54, 1.807) is 11.3 Å². The first-order valence-electron chi connectivity index (χ1n) is 13.4. The number of sulfone groups is 1. The first kappa shape index (κ1) is 25.2. The molecule has 0 radical (unpaired) electrons. The molecule has 1 unspecified atom stereocenters. The van der Waals surface area contributed by atoms with Gasteiger partial charge in [0, 0.05) is 55.5 Å². The number of nitrogens with one attached hydrogen (secondary N) is 1. The Balaban J connectivity index is 1.23. The van der Waals surface area contributed by atoms with Crippen molar-refractivity contribution in [1.82, 2.24) is 14.9 Å². The third-order valence-corrected chi connectivity index (χ3v) is 11.1. The maximum atomic E-state index is 12.7. The number of aromatic amines is 1. The van der Waals surface area contributed by atoms with E-state index in [9.17, 15) is 8.42 Å². The quantitative estimate of drug-likeness (QED) is 0.417. The molecule has 3 fully saturated rings. The molecule has 9 heteroatoms. The van der Waals surface area contributed by atoms with Crippen LogP contribution in [0.15, 0.2) is 47.5 Å². The fraction of sp³-hybridized carbons (Fsp3) is 0.536. The zero-order valence-corrected chi connectivity index (χ0v) is 22.7. The number of hydrogen-bond donors (Lipinski definition) is 1. The van der Waals surface area contributed by atoms with Crippen molar-refractivity contribution in [1.29, 1.82) is 0 Å². The van der Waals surface area contributed by atoms with Gasteiger partial charge in [0.1, 0.15) is 5.01 Å². The third kappa shape index (κ3) is 5.86. The van der Waals surface area contributed by atoms with E-state index in [1.165, 1.54) is 4.88 Å². The molecular formula is C28H35N3O4S2. The standard InChI is InChI=1S/C28H35N3O4S2/c32-37(33,24-5-6-24)23-3-1-21(2-4-23)25(17-20-9-13-34-14-10-20)26-7-8-27(30-26)28-29-18-22(36-28)19-31-11-15-35-16-12-31/h1-4,7-8,18,20,24-25,30H,5-6,9-17,19H2. The molecule has 2 saturated heterocycles. The van der Waals surface area contributed by atoms with Crippen LogP contribution >= 0.6 is 11.3 Å². The molecule has 2 aromatic heterocycles. The average Bonchev–Trinajstić information content (AvgIpc) is 3.52. The molecule has 1 atom stereocenters. The summed E-state index contributed by atoms with van der Waals surface area (Å²) in [6, 6.07) is 12.0. The molecule has 4 heterocycles. The number of aromatic nitrogens is 2. The van der Waals surface area contributed by atoms with Crippen molar-refractivity contribution >= 4 is 21.2 Å². The highest BCUT2D eigenvalue weighted by atomic mass is 32.2. The summed E-state index contributed by atoms with van der Waals surface area (Å²) in [6.07, 6.45) is 6.71. The normalized spacial score (nSPS) is 20.8. The van der Waals surface area contributed by atoms with Crippen molar-refractivity contribution in [2.24, 2.45) is 5.92 Å². The molecule has 1 aromatic carbocycles. The van der Waals surface area contributed by atoms with Crippen LogP contribution in [0.1, 0.15) is 54.2 Å². The van der Waals surface area contributed by atoms with Crippen molar-refractivity contribution in [2.45, 2.75) is 54.7 Å². The number of rotatable bonds is 9. The largest absolute Gasteiger partial charge is 0.381 e. The lowest BCUT2D eigenvalue weighted by Gasteiger charge is -2.27. The van der Waals surface area contributed by atoms with Crippen molar-refractivity contribution in [3.05, 3.63) is 58.7 Å². The summed E-state index contributed by atoms with van der Waals surface area (Å²) in [5, 5.41) is 0.819. The smallest absolute Gasteiger partial charge is 0.181 e. The van der Waals surface area contributed by atoms with E-state index in [-0.39, 0.29) is 11.2 Å². The monoisotopic (exact) mass is 541 g/mol. The fourth-order valence-electron chi connectivity index (χ4n) is 5.44. The third-order valence-electron chi connectivity index (χ3n) is 7.84. The molecular weight excluding hydrogens is 506 g/mol. The van der Waals surface area contributed by atoms with Gasteiger partial charge in [-0.25, -0.2) is 13.4 Å². The fourth-order valence-corrected chi connectivity index (χ4v) is 8.04. The number of benzene rings is 1. The van der Waals surface area contributed by atoms with Crippen molar-refractivity contribution in [3.63, 3.8) is 0 Å². The average molecular weight is 542 g/mol. The van der Waals surface area contributed by atoms with Gasteiger partial charge in [-0.05, 0) is 67.9 Å². The number of morpholine rings is 1. The van der Waals surface area contributed by atoms with Crippen LogP contribution in [0.5, 0.6) is 0 Å². The first-order valence-corrected chi connectivity index (χ1v) is 15.8. The second kappa shape index (κ2) is 11.0. The van der Waals surface area contributed by atoms with Gasteiger partial charge in [0.25, 0.3) is 0 Å². The van der Waals surface area contributed by atoms with E-state index < -0.39 is 9.84 Å². The van der Waals surface area contributed by atoms with Gasteiger partial charge < -0.3 is 14.5 Å². The highest BCUT2D eigenvalue weighted by Gasteiger charge is 2.37. The molecule has 0 amide bonds. The number of ether oxygens (including phenoxy) is 2. The first-order chi connectivity index (χ1) is 18.1. The van der Waals surface area contributed by atoms with E-state index in [4.69, 9.17) is 14.5 Å². The molecule has 1 aliphatic carbocycles. The van der Waals surface area contributed by atoms with E-state index in [2.05, 4.69) is 22.0 Å². The van der Waals surface area contributed by atoms with E-state index in [0.29, 0.717) is 10.8 Å². The van der Waals surface area contributed by atoms with E-state index >= 15 is 0 Å². The Kier molecular flexibility index (Phi) is 7.49. The molecule has 3 aliphatic rings. The van der Waals surface area contributed by atoms with Gasteiger partial charge in [-0.1, -0.05) is 12.1 Å². The maximum Gasteiger partial charge on any atom is 0.181 e. The van der Waals surface area contributed by atoms with Crippen LogP contribution in [-0.2, 0) is 25.9 Å². The van der Waals surface area contributed by atoms with E-state index in [0.717, 1.165) is 100 Å². The highest BCUT2D eigenvalue weighted by molar-refractivity contribution is 7.92. The summed E-state index contributed by atoms with van der Waals surface area (Å²) in [5.74, 6) is 0.752. The summed E-state index contributed by atoms with van der Waals surface area (Å²) in [7, 11) is -3.18. The van der Waals surface area contributed by atoms with Crippen LogP contribution in [-0.4, -0.2) is 68.1 Å². The van der Waals surface area contributed by atoms with E-state index in [1.807, 2.05) is 30.5 Å². The second-order valence-corrected chi connectivity index (χ2v) is 13.8. The van der Waals surface area contributed by atoms with Crippen molar-refractivity contribution in [3.8, 4) is 10.7 Å². The van der Waals surface area contributed by atoms with Crippen LogP contribution in [0.2, 0.25) is 0 Å². The Hall–Kier alpha value is -2.04. The number of H-pyrrole nitrogens is 1. The lowest BCUT2D eigenvalue weighted by molar-refractivity contribution is 0.0346. The summed E-state index contributed by atoms with van der Waals surface area (Å²) < 4.78 is 36.5. The zero-order chi connectivity index (χ0) is 25.2. The van der Waals surface area contributed by atoms with Crippen molar-refractivity contribution < 1.29 is 17.9 Å². The summed E-state index contributed by atoms with van der Waals surface area (Å²) >= 11 is 1.74. The minimum atomic E-state index is -3.18. The van der Waals surface area contributed by atoms with Crippen LogP contribution in [0, 0.1) is 5.92 Å². The summed E-state index contributed by atoms with van der Waals surface area (Å²) in [6.45, 7) is 6.08. The topological polar surface area (TPSA) is 84.5 Å². The zero-order valence-electron chi connectivity index (χ0n) is 21.1. The molecule has 198 valence electrons. The van der Waals surface area contributed by atoms with Gasteiger partial charge in [0.05, 0.1) is 29.1 Å². The Morgan fingerprint density at radius 3 is 2.43 bits per heavy atom. The predicted molar refractivity (Wildman–Crippen MR) is 145 cm³/mol. The number of hydrogen-bond acceptors (Lipinski definition) is 7. The summed E-state index contributed by atoms with van der Waals surface area (Å²) in [4.78, 5) is 12.5. The molecule has 37 heavy (non-hydrogen) atoms. The Morgan fingerprint density at radius 2 is 1.70 bits per heavy atom. The predicted octanol–water partition coefficient (Wildman–Crippen LogP) is 4.86. The van der Waals surface area contributed by atoms with Gasteiger partial charge >= 0.3 is 0 Å². The second-order valence-electron chi connectivity index (χ2n) is 10.5. The van der Waals surface area contributed by atoms with Crippen LogP contribution in [0.25, 0.3) is 10.7 Å². The molecule has 2 aliphatic heterocycles. The van der Waals surface area contributed by atoms with Gasteiger partial charge in [0.2, 0.25) is 0 Å². The molecule has 3 aromatic rings. The van der Waals surface area contributed by atoms with Gasteiger partial charge in [-0.2, -0.15) is 0 Å².